The Morgan fingerprint density at radius 2 is 2.13 bits per heavy atom. The minimum absolute atomic E-state index is 0.0157. The summed E-state index contributed by atoms with van der Waals surface area (Å²) in [4.78, 5) is 12.4. The van der Waals surface area contributed by atoms with Crippen molar-refractivity contribution in [3.8, 4) is 5.69 Å². The van der Waals surface area contributed by atoms with Gasteiger partial charge in [-0.25, -0.2) is 9.07 Å². The zero-order chi connectivity index (χ0) is 16.2. The first-order valence-electron chi connectivity index (χ1n) is 7.90. The number of aliphatic hydroxyl groups excluding tert-OH is 1. The molecule has 1 aliphatic carbocycles. The summed E-state index contributed by atoms with van der Waals surface area (Å²) in [6, 6.07) is 6.26. The number of nitrogens with one attached hydrogen (secondary N) is 1. The van der Waals surface area contributed by atoms with Crippen LogP contribution in [0.15, 0.2) is 36.7 Å². The van der Waals surface area contributed by atoms with Crippen LogP contribution in [0.3, 0.4) is 0 Å². The standard InChI is InChI=1S/C17H20FN3O2/c18-14-6-2-4-8-16(14)21-10-13(9-19-21)17(23)20-15-7-3-1-5-12(15)11-22/h2,4,6,8-10,12,15,22H,1,3,5,7,11H2,(H,20,23). The van der Waals surface area contributed by atoms with Gasteiger partial charge < -0.3 is 10.4 Å². The molecule has 1 aromatic carbocycles. The number of aliphatic hydroxyl groups is 1. The maximum absolute atomic E-state index is 13.8. The second kappa shape index (κ2) is 6.91. The number of para-hydroxylation sites is 1. The number of benzene rings is 1. The monoisotopic (exact) mass is 317 g/mol. The summed E-state index contributed by atoms with van der Waals surface area (Å²) in [6.45, 7) is 0.0828. The number of carbonyl (C=O) groups is 1. The number of rotatable bonds is 4. The summed E-state index contributed by atoms with van der Waals surface area (Å²) in [5.41, 5.74) is 0.688. The van der Waals surface area contributed by atoms with E-state index in [-0.39, 0.29) is 24.5 Å². The third-order valence-electron chi connectivity index (χ3n) is 4.40. The predicted molar refractivity (Wildman–Crippen MR) is 83.8 cm³/mol. The molecule has 2 aromatic rings. The quantitative estimate of drug-likeness (QED) is 0.909. The molecule has 1 aromatic heterocycles. The molecule has 1 aliphatic rings. The molecule has 0 saturated heterocycles. The highest BCUT2D eigenvalue weighted by Gasteiger charge is 2.26. The Morgan fingerprint density at radius 3 is 2.91 bits per heavy atom. The largest absolute Gasteiger partial charge is 0.396 e. The molecule has 122 valence electrons. The summed E-state index contributed by atoms with van der Waals surface area (Å²) in [6.07, 6.45) is 6.89. The summed E-state index contributed by atoms with van der Waals surface area (Å²) in [5, 5.41) is 16.5. The third kappa shape index (κ3) is 3.42. The zero-order valence-corrected chi connectivity index (χ0v) is 12.8. The second-order valence-electron chi connectivity index (χ2n) is 5.93. The number of hydrogen-bond acceptors (Lipinski definition) is 3. The average Bonchev–Trinajstić information content (AvgIpc) is 3.05. The Hall–Kier alpha value is -2.21. The van der Waals surface area contributed by atoms with Crippen LogP contribution in [0.5, 0.6) is 0 Å². The fourth-order valence-electron chi connectivity index (χ4n) is 3.08. The molecule has 2 unspecified atom stereocenters. The smallest absolute Gasteiger partial charge is 0.254 e. The van der Waals surface area contributed by atoms with E-state index in [0.29, 0.717) is 11.3 Å². The van der Waals surface area contributed by atoms with Crippen LogP contribution in [-0.4, -0.2) is 33.4 Å². The molecular formula is C17H20FN3O2. The van der Waals surface area contributed by atoms with Crippen molar-refractivity contribution in [3.05, 3.63) is 48.0 Å². The maximum Gasteiger partial charge on any atom is 0.254 e. The van der Waals surface area contributed by atoms with Crippen molar-refractivity contribution in [2.75, 3.05) is 6.61 Å². The number of halogens is 1. The van der Waals surface area contributed by atoms with Crippen molar-refractivity contribution in [1.29, 1.82) is 0 Å². The zero-order valence-electron chi connectivity index (χ0n) is 12.8. The molecule has 0 radical (unpaired) electrons. The van der Waals surface area contributed by atoms with Gasteiger partial charge in [-0.2, -0.15) is 5.10 Å². The molecule has 2 N–H and O–H groups in total. The predicted octanol–water partition coefficient (Wildman–Crippen LogP) is 2.29. The van der Waals surface area contributed by atoms with Gasteiger partial charge in [-0.1, -0.05) is 25.0 Å². The summed E-state index contributed by atoms with van der Waals surface area (Å²) >= 11 is 0. The summed E-state index contributed by atoms with van der Waals surface area (Å²) < 4.78 is 15.1. The molecule has 6 heteroatoms. The molecule has 1 fully saturated rings. The van der Waals surface area contributed by atoms with Gasteiger partial charge >= 0.3 is 0 Å². The van der Waals surface area contributed by atoms with E-state index in [0.717, 1.165) is 25.7 Å². The highest BCUT2D eigenvalue weighted by Crippen LogP contribution is 2.24. The number of hydrogen-bond donors (Lipinski definition) is 2. The molecule has 2 atom stereocenters. The first kappa shape index (κ1) is 15.7. The van der Waals surface area contributed by atoms with Gasteiger partial charge in [0.1, 0.15) is 11.5 Å². The Labute approximate surface area is 134 Å². The summed E-state index contributed by atoms with van der Waals surface area (Å²) in [5.74, 6) is -0.526. The third-order valence-corrected chi connectivity index (χ3v) is 4.40. The normalized spacial score (nSPS) is 21.1. The van der Waals surface area contributed by atoms with Gasteiger partial charge in [-0.15, -0.1) is 0 Å². The lowest BCUT2D eigenvalue weighted by molar-refractivity contribution is 0.0872. The topological polar surface area (TPSA) is 67.2 Å². The molecule has 1 saturated carbocycles. The molecule has 3 rings (SSSR count). The average molecular weight is 317 g/mol. The van der Waals surface area contributed by atoms with Crippen molar-refractivity contribution >= 4 is 5.91 Å². The maximum atomic E-state index is 13.8. The van der Waals surface area contributed by atoms with E-state index in [2.05, 4.69) is 10.4 Å². The minimum atomic E-state index is -0.393. The van der Waals surface area contributed by atoms with Crippen molar-refractivity contribution in [2.45, 2.75) is 31.7 Å². The highest BCUT2D eigenvalue weighted by atomic mass is 19.1. The molecule has 5 nitrogen and oxygen atoms in total. The van der Waals surface area contributed by atoms with E-state index < -0.39 is 5.82 Å². The van der Waals surface area contributed by atoms with E-state index in [9.17, 15) is 14.3 Å². The van der Waals surface area contributed by atoms with Crippen molar-refractivity contribution in [3.63, 3.8) is 0 Å². The van der Waals surface area contributed by atoms with Crippen LogP contribution >= 0.6 is 0 Å². The van der Waals surface area contributed by atoms with Crippen LogP contribution < -0.4 is 5.32 Å². The summed E-state index contributed by atoms with van der Waals surface area (Å²) in [7, 11) is 0. The van der Waals surface area contributed by atoms with Crippen LogP contribution in [0.1, 0.15) is 36.0 Å². The van der Waals surface area contributed by atoms with Gasteiger partial charge in [0.15, 0.2) is 0 Å². The van der Waals surface area contributed by atoms with Crippen molar-refractivity contribution < 1.29 is 14.3 Å². The molecule has 0 aliphatic heterocycles. The lowest BCUT2D eigenvalue weighted by Crippen LogP contribution is -2.43. The van der Waals surface area contributed by atoms with E-state index in [1.54, 1.807) is 18.2 Å². The second-order valence-corrected chi connectivity index (χ2v) is 5.93. The Kier molecular flexibility index (Phi) is 4.71. The molecule has 23 heavy (non-hydrogen) atoms. The first-order valence-corrected chi connectivity index (χ1v) is 7.90. The van der Waals surface area contributed by atoms with E-state index in [1.807, 2.05) is 0 Å². The van der Waals surface area contributed by atoms with Gasteiger partial charge in [-0.3, -0.25) is 4.79 Å². The number of amides is 1. The Morgan fingerprint density at radius 1 is 1.35 bits per heavy atom. The number of nitrogens with zero attached hydrogens (tertiary/aromatic N) is 2. The van der Waals surface area contributed by atoms with E-state index >= 15 is 0 Å². The lowest BCUT2D eigenvalue weighted by atomic mass is 9.85. The van der Waals surface area contributed by atoms with Gasteiger partial charge in [0.25, 0.3) is 5.91 Å². The van der Waals surface area contributed by atoms with Crippen LogP contribution in [0.25, 0.3) is 5.69 Å². The lowest BCUT2D eigenvalue weighted by Gasteiger charge is -2.30. The minimum Gasteiger partial charge on any atom is -0.396 e. The first-order chi connectivity index (χ1) is 11.2. The Balaban J connectivity index is 1.72. The molecular weight excluding hydrogens is 297 g/mol. The number of aromatic nitrogens is 2. The molecule has 0 bridgehead atoms. The van der Waals surface area contributed by atoms with Crippen LogP contribution in [0.2, 0.25) is 0 Å². The molecule has 1 heterocycles. The van der Waals surface area contributed by atoms with E-state index in [1.165, 1.54) is 23.1 Å². The number of carbonyl (C=O) groups excluding carboxylic acids is 1. The fraction of sp³-hybridized carbons (Fsp3) is 0.412. The van der Waals surface area contributed by atoms with Crippen molar-refractivity contribution in [2.24, 2.45) is 5.92 Å². The van der Waals surface area contributed by atoms with Gasteiger partial charge in [0.05, 0.1) is 11.8 Å². The molecule has 0 spiro atoms. The molecule has 1 amide bonds. The van der Waals surface area contributed by atoms with Gasteiger partial charge in [0, 0.05) is 24.8 Å². The van der Waals surface area contributed by atoms with E-state index in [4.69, 9.17) is 0 Å². The van der Waals surface area contributed by atoms with Crippen LogP contribution in [0.4, 0.5) is 4.39 Å². The SMILES string of the molecule is O=C(NC1CCCCC1CO)c1cnn(-c2ccccc2F)c1. The van der Waals surface area contributed by atoms with Crippen molar-refractivity contribution in [1.82, 2.24) is 15.1 Å². The Bertz CT molecular complexity index is 686. The van der Waals surface area contributed by atoms with Gasteiger partial charge in [-0.05, 0) is 25.0 Å². The fourth-order valence-corrected chi connectivity index (χ4v) is 3.08. The van der Waals surface area contributed by atoms with Gasteiger partial charge in [0.2, 0.25) is 0 Å². The highest BCUT2D eigenvalue weighted by molar-refractivity contribution is 5.94. The van der Waals surface area contributed by atoms with Crippen LogP contribution in [0, 0.1) is 11.7 Å². The van der Waals surface area contributed by atoms with Crippen LogP contribution in [-0.2, 0) is 0 Å².